The van der Waals surface area contributed by atoms with Gasteiger partial charge in [-0.1, -0.05) is 107 Å². The molecule has 3 amide bonds. The van der Waals surface area contributed by atoms with E-state index in [1.807, 2.05) is 60.7 Å². The van der Waals surface area contributed by atoms with Crippen LogP contribution in [0.5, 0.6) is 0 Å². The highest BCUT2D eigenvalue weighted by atomic mass is 35.6. The van der Waals surface area contributed by atoms with Crippen LogP contribution in [0.15, 0.2) is 82.7 Å². The lowest BCUT2D eigenvalue weighted by Gasteiger charge is -2.49. The van der Waals surface area contributed by atoms with Gasteiger partial charge in [-0.25, -0.2) is 9.59 Å². The summed E-state index contributed by atoms with van der Waals surface area (Å²) < 4.78 is 9.17. The molecule has 2 aliphatic heterocycles. The first-order chi connectivity index (χ1) is 20.1. The number of hydrogen-bond acceptors (Lipinski definition) is 8. The number of hydrogen-bond donors (Lipinski definition) is 2. The summed E-state index contributed by atoms with van der Waals surface area (Å²) in [5.41, 5.74) is 1.53. The van der Waals surface area contributed by atoms with Crippen LogP contribution in [0.2, 0.25) is 0 Å². The van der Waals surface area contributed by atoms with Gasteiger partial charge in [0.05, 0.1) is 0 Å². The quantitative estimate of drug-likeness (QED) is 0.152. The molecule has 0 aliphatic carbocycles. The monoisotopic (exact) mass is 669 g/mol. The average Bonchev–Trinajstić information content (AvgIpc) is 2.97. The number of halogens is 3. The molecule has 14 heteroatoms. The standard InChI is InChI=1S/C28H26Cl3N3O6S2/c1-2-32-20(35)13-14-41-19-15-42-25-21(33-27(38)39-16-28(29,30)31)24(36)34(25)22(19)26(37)40-23(17-9-5-3-6-10-17)18-11-7-4-8-12-18/h3-14,21,23,25H,2,15-16H2,1H3,(H,32,35)(H,33,38)/b14-13-/t21-,25-/m1/s1. The second kappa shape index (κ2) is 14.6. The Balaban J connectivity index is 1.60. The number of ether oxygens (including phenoxy) is 2. The largest absolute Gasteiger partial charge is 0.448 e. The van der Waals surface area contributed by atoms with Gasteiger partial charge in [0.25, 0.3) is 5.91 Å². The summed E-state index contributed by atoms with van der Waals surface area (Å²) in [6.45, 7) is 1.76. The Labute approximate surface area is 266 Å². The molecule has 2 N–H and O–H groups in total. The number of benzene rings is 2. The molecule has 9 nitrogen and oxygen atoms in total. The first-order valence-corrected chi connectivity index (χ1v) is 15.7. The zero-order chi connectivity index (χ0) is 30.3. The van der Waals surface area contributed by atoms with E-state index in [1.54, 1.807) is 12.3 Å². The molecule has 0 radical (unpaired) electrons. The van der Waals surface area contributed by atoms with Crippen molar-refractivity contribution in [1.82, 2.24) is 15.5 Å². The molecule has 1 saturated heterocycles. The van der Waals surface area contributed by atoms with Crippen LogP contribution in [0, 0.1) is 0 Å². The lowest BCUT2D eigenvalue weighted by molar-refractivity contribution is -0.153. The molecule has 222 valence electrons. The van der Waals surface area contributed by atoms with Crippen LogP contribution in [0.3, 0.4) is 0 Å². The minimum atomic E-state index is -1.81. The molecule has 0 bridgehead atoms. The number of esters is 1. The number of amides is 3. The first-order valence-electron chi connectivity index (χ1n) is 12.7. The van der Waals surface area contributed by atoms with Crippen LogP contribution in [-0.4, -0.2) is 62.9 Å². The molecule has 1 fully saturated rings. The summed E-state index contributed by atoms with van der Waals surface area (Å²) >= 11 is 19.4. The molecule has 2 aromatic carbocycles. The maximum absolute atomic E-state index is 13.9. The van der Waals surface area contributed by atoms with E-state index < -0.39 is 45.9 Å². The summed E-state index contributed by atoms with van der Waals surface area (Å²) in [6.07, 6.45) is -0.341. The second-order valence-electron chi connectivity index (χ2n) is 8.92. The van der Waals surface area contributed by atoms with Crippen molar-refractivity contribution in [2.45, 2.75) is 28.2 Å². The van der Waals surface area contributed by atoms with E-state index in [4.69, 9.17) is 44.3 Å². The Bertz CT molecular complexity index is 1330. The molecule has 0 unspecified atom stereocenters. The van der Waals surface area contributed by atoms with Gasteiger partial charge in [-0.05, 0) is 23.5 Å². The van der Waals surface area contributed by atoms with Gasteiger partial charge in [0.2, 0.25) is 9.70 Å². The van der Waals surface area contributed by atoms with Crippen molar-refractivity contribution >= 4 is 82.2 Å². The minimum Gasteiger partial charge on any atom is -0.448 e. The third-order valence-corrected chi connectivity index (χ3v) is 8.66. The van der Waals surface area contributed by atoms with Crippen molar-refractivity contribution < 1.29 is 28.7 Å². The van der Waals surface area contributed by atoms with Crippen molar-refractivity contribution in [2.75, 3.05) is 18.9 Å². The van der Waals surface area contributed by atoms with Gasteiger partial charge in [0.15, 0.2) is 6.10 Å². The van der Waals surface area contributed by atoms with Crippen LogP contribution in [-0.2, 0) is 23.9 Å². The molecule has 2 heterocycles. The summed E-state index contributed by atoms with van der Waals surface area (Å²) in [4.78, 5) is 53.2. The van der Waals surface area contributed by atoms with Gasteiger partial charge < -0.3 is 20.1 Å². The Hall–Kier alpha value is -2.83. The molecule has 0 saturated carbocycles. The predicted octanol–water partition coefficient (Wildman–Crippen LogP) is 5.29. The maximum atomic E-state index is 13.9. The van der Waals surface area contributed by atoms with Crippen molar-refractivity contribution in [1.29, 1.82) is 0 Å². The smallest absolute Gasteiger partial charge is 0.408 e. The number of alkyl halides is 3. The van der Waals surface area contributed by atoms with E-state index in [-0.39, 0.29) is 11.6 Å². The molecule has 2 atom stereocenters. The van der Waals surface area contributed by atoms with Gasteiger partial charge in [-0.15, -0.1) is 11.8 Å². The van der Waals surface area contributed by atoms with Crippen molar-refractivity contribution in [2.24, 2.45) is 0 Å². The molecule has 2 aliphatic rings. The Morgan fingerprint density at radius 3 is 2.29 bits per heavy atom. The summed E-state index contributed by atoms with van der Waals surface area (Å²) in [6, 6.07) is 17.5. The number of β-lactam (4-membered cyclic amide) rings is 1. The van der Waals surface area contributed by atoms with Crippen molar-refractivity contribution in [3.63, 3.8) is 0 Å². The number of nitrogens with one attached hydrogen (secondary N) is 2. The predicted molar refractivity (Wildman–Crippen MR) is 165 cm³/mol. The van der Waals surface area contributed by atoms with Crippen molar-refractivity contribution in [3.05, 3.63) is 93.9 Å². The van der Waals surface area contributed by atoms with E-state index in [2.05, 4.69) is 10.6 Å². The van der Waals surface area contributed by atoms with E-state index in [0.717, 1.165) is 22.9 Å². The van der Waals surface area contributed by atoms with Crippen LogP contribution >= 0.6 is 58.3 Å². The number of fused-ring (bicyclic) bond motifs is 1. The summed E-state index contributed by atoms with van der Waals surface area (Å²) in [5, 5.41) is 6.09. The van der Waals surface area contributed by atoms with Crippen LogP contribution in [0.1, 0.15) is 24.2 Å². The maximum Gasteiger partial charge on any atom is 0.408 e. The second-order valence-corrected chi connectivity index (χ2v) is 13.5. The normalized spacial score (nSPS) is 18.4. The number of nitrogens with zero attached hydrogens (tertiary/aromatic N) is 1. The topological polar surface area (TPSA) is 114 Å². The van der Waals surface area contributed by atoms with Gasteiger partial charge in [-0.3, -0.25) is 14.5 Å². The average molecular weight is 671 g/mol. The lowest BCUT2D eigenvalue weighted by atomic mass is 10.0. The van der Waals surface area contributed by atoms with Crippen LogP contribution in [0.25, 0.3) is 0 Å². The van der Waals surface area contributed by atoms with Gasteiger partial charge in [-0.2, -0.15) is 0 Å². The van der Waals surface area contributed by atoms with Gasteiger partial charge >= 0.3 is 12.1 Å². The van der Waals surface area contributed by atoms with Crippen molar-refractivity contribution in [3.8, 4) is 0 Å². The fourth-order valence-corrected chi connectivity index (χ4v) is 6.63. The summed E-state index contributed by atoms with van der Waals surface area (Å²) in [7, 11) is 0. The zero-order valence-electron chi connectivity index (χ0n) is 22.1. The van der Waals surface area contributed by atoms with Gasteiger partial charge in [0, 0.05) is 23.3 Å². The third kappa shape index (κ3) is 8.17. The molecule has 0 spiro atoms. The Morgan fingerprint density at radius 2 is 1.71 bits per heavy atom. The number of carbonyl (C=O) groups excluding carboxylic acids is 4. The minimum absolute atomic E-state index is 0.0406. The molecule has 42 heavy (non-hydrogen) atoms. The van der Waals surface area contributed by atoms with Crippen LogP contribution in [0.4, 0.5) is 4.79 Å². The Kier molecular flexibility index (Phi) is 11.1. The summed E-state index contributed by atoms with van der Waals surface area (Å²) in [5.74, 6) is -1.24. The zero-order valence-corrected chi connectivity index (χ0v) is 26.0. The fraction of sp³-hybridized carbons (Fsp3) is 0.286. The van der Waals surface area contributed by atoms with E-state index in [1.165, 1.54) is 22.7 Å². The third-order valence-electron chi connectivity index (χ3n) is 5.98. The Morgan fingerprint density at radius 1 is 1.10 bits per heavy atom. The number of likely N-dealkylation sites (N-methyl/N-ethyl adjacent to an activating group) is 1. The molecule has 4 rings (SSSR count). The fourth-order valence-electron chi connectivity index (χ4n) is 4.15. The highest BCUT2D eigenvalue weighted by molar-refractivity contribution is 8.08. The molecular weight excluding hydrogens is 645 g/mol. The molecule has 2 aromatic rings. The van der Waals surface area contributed by atoms with Gasteiger partial charge in [0.1, 0.15) is 23.7 Å². The van der Waals surface area contributed by atoms with E-state index in [0.29, 0.717) is 17.2 Å². The lowest BCUT2D eigenvalue weighted by Crippen LogP contribution is -2.70. The number of carbonyl (C=O) groups is 4. The number of rotatable bonds is 10. The van der Waals surface area contributed by atoms with Crippen LogP contribution < -0.4 is 10.6 Å². The molecule has 0 aromatic heterocycles. The SMILES string of the molecule is CCNC(=O)/C=C\SC1=C(C(=O)OC(c2ccccc2)c2ccccc2)N2C(=O)[C@@H](NC(=O)OCC(Cl)(Cl)Cl)[C@H]2SC1. The van der Waals surface area contributed by atoms with E-state index in [9.17, 15) is 19.2 Å². The number of alkyl carbamates (subject to hydrolysis) is 1. The molecular formula is C28H26Cl3N3O6S2. The first kappa shape index (κ1) is 32.1. The van der Waals surface area contributed by atoms with E-state index >= 15 is 0 Å². The highest BCUT2D eigenvalue weighted by Gasteiger charge is 2.55. The number of thioether (sulfide) groups is 2. The highest BCUT2D eigenvalue weighted by Crippen LogP contribution is 2.44.